The van der Waals surface area contributed by atoms with Crippen molar-refractivity contribution in [2.75, 3.05) is 10.3 Å². The summed E-state index contributed by atoms with van der Waals surface area (Å²) in [5, 5.41) is 8.40. The summed E-state index contributed by atoms with van der Waals surface area (Å²) in [6.45, 7) is 3.97. The van der Waals surface area contributed by atoms with Gasteiger partial charge in [-0.1, -0.05) is 35.4 Å². The highest BCUT2D eigenvalue weighted by Crippen LogP contribution is 2.21. The predicted molar refractivity (Wildman–Crippen MR) is 95.1 cm³/mol. The van der Waals surface area contributed by atoms with Crippen LogP contribution in [0.5, 0.6) is 0 Å². The Bertz CT molecular complexity index is 792. The summed E-state index contributed by atoms with van der Waals surface area (Å²) < 4.78 is 0. The molecule has 0 fully saturated rings. The van der Waals surface area contributed by atoms with Gasteiger partial charge in [0, 0.05) is 18.5 Å². The Hall–Kier alpha value is -2.95. The Morgan fingerprint density at radius 3 is 2.17 bits per heavy atom. The van der Waals surface area contributed by atoms with Gasteiger partial charge in [0.05, 0.1) is 5.69 Å². The van der Waals surface area contributed by atoms with Crippen LogP contribution in [0.15, 0.2) is 53.6 Å². The predicted octanol–water partition coefficient (Wildman–Crippen LogP) is 3.42. The Morgan fingerprint density at radius 2 is 1.54 bits per heavy atom. The molecule has 2 amide bonds. The van der Waals surface area contributed by atoms with Gasteiger partial charge in [-0.15, -0.1) is 0 Å². The molecule has 0 spiro atoms. The van der Waals surface area contributed by atoms with Gasteiger partial charge in [0.1, 0.15) is 5.71 Å². The lowest BCUT2D eigenvalue weighted by Crippen LogP contribution is -2.36. The lowest BCUT2D eigenvalue weighted by Gasteiger charge is -2.23. The zero-order valence-corrected chi connectivity index (χ0v) is 13.7. The van der Waals surface area contributed by atoms with Crippen LogP contribution in [-0.2, 0) is 9.59 Å². The SMILES string of the molecule is Cc1ccc(NC(=O)C2=NN(c3ccc(C)cc3)C(=O)CC2)cc1. The first-order valence-electron chi connectivity index (χ1n) is 7.88. The van der Waals surface area contributed by atoms with Crippen molar-refractivity contribution in [3.63, 3.8) is 0 Å². The van der Waals surface area contributed by atoms with E-state index in [1.807, 2.05) is 62.4 Å². The molecule has 1 N–H and O–H groups in total. The number of benzene rings is 2. The van der Waals surface area contributed by atoms with Gasteiger partial charge in [0.15, 0.2) is 0 Å². The zero-order chi connectivity index (χ0) is 17.1. The third-order valence-corrected chi connectivity index (χ3v) is 3.88. The summed E-state index contributed by atoms with van der Waals surface area (Å²) in [6, 6.07) is 15.0. The fourth-order valence-electron chi connectivity index (χ4n) is 2.44. The lowest BCUT2D eigenvalue weighted by atomic mass is 10.1. The van der Waals surface area contributed by atoms with Crippen molar-refractivity contribution < 1.29 is 9.59 Å². The number of amides is 2. The zero-order valence-electron chi connectivity index (χ0n) is 13.7. The largest absolute Gasteiger partial charge is 0.321 e. The van der Waals surface area contributed by atoms with E-state index in [9.17, 15) is 9.59 Å². The molecule has 1 aliphatic rings. The highest BCUT2D eigenvalue weighted by atomic mass is 16.2. The van der Waals surface area contributed by atoms with Crippen molar-refractivity contribution in [3.05, 3.63) is 59.7 Å². The monoisotopic (exact) mass is 321 g/mol. The van der Waals surface area contributed by atoms with E-state index < -0.39 is 0 Å². The summed E-state index contributed by atoms with van der Waals surface area (Å²) in [4.78, 5) is 24.5. The minimum absolute atomic E-state index is 0.106. The van der Waals surface area contributed by atoms with Crippen molar-refractivity contribution in [3.8, 4) is 0 Å². The van der Waals surface area contributed by atoms with E-state index in [1.54, 1.807) is 0 Å². The second-order valence-electron chi connectivity index (χ2n) is 5.91. The first-order valence-corrected chi connectivity index (χ1v) is 7.88. The van der Waals surface area contributed by atoms with Crippen molar-refractivity contribution in [2.24, 2.45) is 5.10 Å². The van der Waals surface area contributed by atoms with Crippen LogP contribution in [0.25, 0.3) is 0 Å². The molecule has 0 aromatic heterocycles. The van der Waals surface area contributed by atoms with Crippen molar-refractivity contribution in [1.82, 2.24) is 0 Å². The Balaban J connectivity index is 1.80. The van der Waals surface area contributed by atoms with Crippen LogP contribution in [0.4, 0.5) is 11.4 Å². The second-order valence-corrected chi connectivity index (χ2v) is 5.91. The van der Waals surface area contributed by atoms with Crippen molar-refractivity contribution in [1.29, 1.82) is 0 Å². The van der Waals surface area contributed by atoms with Crippen molar-refractivity contribution in [2.45, 2.75) is 26.7 Å². The maximum atomic E-state index is 12.4. The third kappa shape index (κ3) is 3.51. The fraction of sp³-hybridized carbons (Fsp3) is 0.211. The van der Waals surface area contributed by atoms with E-state index in [2.05, 4.69) is 10.4 Å². The highest BCUT2D eigenvalue weighted by Gasteiger charge is 2.25. The number of carbonyl (C=O) groups is 2. The first-order chi connectivity index (χ1) is 11.5. The molecule has 1 heterocycles. The number of hydrogen-bond acceptors (Lipinski definition) is 3. The van der Waals surface area contributed by atoms with Gasteiger partial charge < -0.3 is 5.32 Å². The normalized spacial score (nSPS) is 14.3. The number of hydrogen-bond donors (Lipinski definition) is 1. The van der Waals surface area contributed by atoms with Gasteiger partial charge in [0.25, 0.3) is 5.91 Å². The van der Waals surface area contributed by atoms with E-state index in [-0.39, 0.29) is 18.2 Å². The van der Waals surface area contributed by atoms with Crippen LogP contribution >= 0.6 is 0 Å². The average Bonchev–Trinajstić information content (AvgIpc) is 2.58. The number of rotatable bonds is 3. The number of hydrazone groups is 1. The summed E-state index contributed by atoms with van der Waals surface area (Å²) in [6.07, 6.45) is 0.618. The van der Waals surface area contributed by atoms with E-state index in [4.69, 9.17) is 0 Å². The number of nitrogens with zero attached hydrogens (tertiary/aromatic N) is 2. The molecule has 0 bridgehead atoms. The van der Waals surface area contributed by atoms with Crippen LogP contribution in [0.1, 0.15) is 24.0 Å². The van der Waals surface area contributed by atoms with E-state index >= 15 is 0 Å². The van der Waals surface area contributed by atoms with Crippen LogP contribution in [0, 0.1) is 13.8 Å². The van der Waals surface area contributed by atoms with Crippen LogP contribution < -0.4 is 10.3 Å². The molecular formula is C19H19N3O2. The van der Waals surface area contributed by atoms with Gasteiger partial charge in [-0.25, -0.2) is 5.01 Å². The second kappa shape index (κ2) is 6.66. The minimum atomic E-state index is -0.275. The number of nitrogens with one attached hydrogen (secondary N) is 1. The maximum absolute atomic E-state index is 12.4. The van der Waals surface area contributed by atoms with Crippen molar-refractivity contribution >= 4 is 28.9 Å². The fourth-order valence-corrected chi connectivity index (χ4v) is 2.44. The molecule has 2 aromatic rings. The van der Waals surface area contributed by atoms with Gasteiger partial charge in [-0.2, -0.15) is 5.10 Å². The van der Waals surface area contributed by atoms with Crippen LogP contribution in [0.2, 0.25) is 0 Å². The van der Waals surface area contributed by atoms with E-state index in [1.165, 1.54) is 5.01 Å². The minimum Gasteiger partial charge on any atom is -0.321 e. The van der Waals surface area contributed by atoms with Gasteiger partial charge >= 0.3 is 0 Å². The molecule has 0 atom stereocenters. The first kappa shape index (κ1) is 15.9. The molecule has 0 unspecified atom stereocenters. The smallest absolute Gasteiger partial charge is 0.271 e. The van der Waals surface area contributed by atoms with Crippen LogP contribution in [0.3, 0.4) is 0 Å². The van der Waals surface area contributed by atoms with Gasteiger partial charge in [0.2, 0.25) is 5.91 Å². The standard InChI is InChI=1S/C19H19N3O2/c1-13-3-7-15(8-4-13)20-19(24)17-11-12-18(23)22(21-17)16-9-5-14(2)6-10-16/h3-10H,11-12H2,1-2H3,(H,20,24). The molecule has 0 radical (unpaired) electrons. The molecule has 0 saturated carbocycles. The molecular weight excluding hydrogens is 302 g/mol. The average molecular weight is 321 g/mol. The molecule has 5 nitrogen and oxygen atoms in total. The molecule has 0 saturated heterocycles. The molecule has 0 aliphatic carbocycles. The molecule has 5 heteroatoms. The van der Waals surface area contributed by atoms with E-state index in [0.29, 0.717) is 23.5 Å². The van der Waals surface area contributed by atoms with Crippen LogP contribution in [-0.4, -0.2) is 17.5 Å². The Kier molecular flexibility index (Phi) is 4.42. The molecule has 3 rings (SSSR count). The van der Waals surface area contributed by atoms with Gasteiger partial charge in [-0.3, -0.25) is 9.59 Å². The number of aryl methyl sites for hydroxylation is 2. The van der Waals surface area contributed by atoms with Gasteiger partial charge in [-0.05, 0) is 38.1 Å². The molecule has 122 valence electrons. The third-order valence-electron chi connectivity index (χ3n) is 3.88. The maximum Gasteiger partial charge on any atom is 0.271 e. The number of carbonyl (C=O) groups excluding carboxylic acids is 2. The molecule has 1 aliphatic heterocycles. The topological polar surface area (TPSA) is 61.8 Å². The summed E-state index contributed by atoms with van der Waals surface area (Å²) >= 11 is 0. The summed E-state index contributed by atoms with van der Waals surface area (Å²) in [7, 11) is 0. The quantitative estimate of drug-likeness (QED) is 0.941. The summed E-state index contributed by atoms with van der Waals surface area (Å²) in [5.41, 5.74) is 3.97. The Labute approximate surface area is 141 Å². The molecule has 2 aromatic carbocycles. The summed E-state index contributed by atoms with van der Waals surface area (Å²) in [5.74, 6) is -0.380. The Morgan fingerprint density at radius 1 is 0.958 bits per heavy atom. The lowest BCUT2D eigenvalue weighted by molar-refractivity contribution is -0.118. The number of anilines is 2. The van der Waals surface area contributed by atoms with E-state index in [0.717, 1.165) is 11.1 Å². The molecule has 24 heavy (non-hydrogen) atoms. The highest BCUT2D eigenvalue weighted by molar-refractivity contribution is 6.44.